The van der Waals surface area contributed by atoms with Gasteiger partial charge in [-0.3, -0.25) is 4.98 Å². The number of fused-ring (bicyclic) bond motifs is 2. The summed E-state index contributed by atoms with van der Waals surface area (Å²) >= 11 is 5.98. The number of anilines is 2. The number of pyridine rings is 1. The van der Waals surface area contributed by atoms with Crippen LogP contribution in [0, 0.1) is 5.82 Å². The summed E-state index contributed by atoms with van der Waals surface area (Å²) in [5.41, 5.74) is 1.86. The normalized spacial score (nSPS) is 11.3. The van der Waals surface area contributed by atoms with Gasteiger partial charge in [0.1, 0.15) is 29.0 Å². The monoisotopic (exact) mass is 379 g/mol. The van der Waals surface area contributed by atoms with Gasteiger partial charge in [-0.25, -0.2) is 13.9 Å². The van der Waals surface area contributed by atoms with Crippen molar-refractivity contribution in [3.63, 3.8) is 0 Å². The maximum absolute atomic E-state index is 14.0. The highest BCUT2D eigenvalue weighted by Gasteiger charge is 2.11. The van der Waals surface area contributed by atoms with Crippen LogP contribution in [-0.4, -0.2) is 29.1 Å². The van der Waals surface area contributed by atoms with Gasteiger partial charge >= 0.3 is 0 Å². The lowest BCUT2D eigenvalue weighted by Crippen LogP contribution is -2.01. The molecule has 5 rings (SSSR count). The van der Waals surface area contributed by atoms with Gasteiger partial charge in [0.25, 0.3) is 0 Å². The molecule has 4 aromatic heterocycles. The maximum Gasteiger partial charge on any atom is 0.243 e. The van der Waals surface area contributed by atoms with E-state index in [-0.39, 0.29) is 11.1 Å². The summed E-state index contributed by atoms with van der Waals surface area (Å²) in [6.07, 6.45) is 6.78. The van der Waals surface area contributed by atoms with Crippen LogP contribution < -0.4 is 5.32 Å². The van der Waals surface area contributed by atoms with Gasteiger partial charge in [-0.05, 0) is 35.9 Å². The lowest BCUT2D eigenvalue weighted by atomic mass is 10.2. The number of rotatable bonds is 3. The number of nitrogens with zero attached hydrogens (tertiary/aromatic N) is 6. The summed E-state index contributed by atoms with van der Waals surface area (Å²) in [7, 11) is 0. The fourth-order valence-electron chi connectivity index (χ4n) is 2.99. The molecular formula is C18H11ClFN7. The second-order valence-corrected chi connectivity index (χ2v) is 6.16. The largest absolute Gasteiger partial charge is 0.322 e. The van der Waals surface area contributed by atoms with Crippen molar-refractivity contribution in [3.8, 4) is 5.69 Å². The van der Waals surface area contributed by atoms with E-state index in [0.717, 1.165) is 11.2 Å². The molecule has 0 amide bonds. The van der Waals surface area contributed by atoms with Gasteiger partial charge in [0, 0.05) is 17.8 Å². The molecular weight excluding hydrogens is 369 g/mol. The van der Waals surface area contributed by atoms with Crippen molar-refractivity contribution in [2.45, 2.75) is 0 Å². The molecule has 0 fully saturated rings. The molecule has 1 N–H and O–H groups in total. The highest BCUT2D eigenvalue weighted by atomic mass is 35.5. The van der Waals surface area contributed by atoms with Gasteiger partial charge in [0.05, 0.1) is 11.9 Å². The number of nitrogens with one attached hydrogen (secondary N) is 1. The highest BCUT2D eigenvalue weighted by molar-refractivity contribution is 6.28. The summed E-state index contributed by atoms with van der Waals surface area (Å²) in [4.78, 5) is 12.7. The fraction of sp³-hybridized carbons (Fsp3) is 0. The smallest absolute Gasteiger partial charge is 0.243 e. The van der Waals surface area contributed by atoms with Gasteiger partial charge in [0.15, 0.2) is 5.82 Å². The highest BCUT2D eigenvalue weighted by Crippen LogP contribution is 2.25. The average Bonchev–Trinajstić information content (AvgIpc) is 3.31. The van der Waals surface area contributed by atoms with Crippen molar-refractivity contribution >= 4 is 39.7 Å². The first-order chi connectivity index (χ1) is 13.2. The molecule has 0 unspecified atom stereocenters. The number of halogens is 2. The summed E-state index contributed by atoms with van der Waals surface area (Å²) in [6.45, 7) is 0. The minimum absolute atomic E-state index is 0.122. The summed E-state index contributed by atoms with van der Waals surface area (Å²) in [6, 6.07) is 10.4. The third kappa shape index (κ3) is 2.67. The van der Waals surface area contributed by atoms with E-state index < -0.39 is 0 Å². The Labute approximate surface area is 157 Å². The third-order valence-corrected chi connectivity index (χ3v) is 4.33. The Balaban J connectivity index is 1.56. The van der Waals surface area contributed by atoms with Crippen molar-refractivity contribution in [1.29, 1.82) is 0 Å². The Kier molecular flexibility index (Phi) is 3.51. The summed E-state index contributed by atoms with van der Waals surface area (Å²) in [5, 5.41) is 8.06. The van der Waals surface area contributed by atoms with Gasteiger partial charge < -0.3 is 9.88 Å². The minimum Gasteiger partial charge on any atom is -0.322 e. The number of aromatic nitrogens is 6. The topological polar surface area (TPSA) is 72.9 Å². The van der Waals surface area contributed by atoms with Crippen LogP contribution in [0.1, 0.15) is 0 Å². The van der Waals surface area contributed by atoms with Crippen LogP contribution in [0.2, 0.25) is 5.28 Å². The second kappa shape index (κ2) is 6.03. The average molecular weight is 380 g/mol. The molecule has 0 aliphatic rings. The molecule has 0 atom stereocenters. The molecule has 0 aliphatic heterocycles. The molecule has 0 spiro atoms. The molecule has 0 saturated heterocycles. The van der Waals surface area contributed by atoms with Gasteiger partial charge in [-0.1, -0.05) is 12.1 Å². The van der Waals surface area contributed by atoms with E-state index in [1.165, 1.54) is 6.07 Å². The number of imidazole rings is 1. The SMILES string of the molecule is Fc1cccc2c(-n3cnc(Nc4nc(Cl)nn5cccc45)c3)ccnc12. The van der Waals surface area contributed by atoms with Crippen molar-refractivity contribution < 1.29 is 4.39 Å². The Morgan fingerprint density at radius 3 is 2.93 bits per heavy atom. The van der Waals surface area contributed by atoms with Crippen LogP contribution in [0.5, 0.6) is 0 Å². The quantitative estimate of drug-likeness (QED) is 0.513. The first-order valence-electron chi connectivity index (χ1n) is 8.04. The maximum atomic E-state index is 14.0. The molecule has 4 heterocycles. The number of hydrogen-bond acceptors (Lipinski definition) is 5. The number of hydrogen-bond donors (Lipinski definition) is 1. The van der Waals surface area contributed by atoms with Crippen molar-refractivity contribution in [2.24, 2.45) is 0 Å². The second-order valence-electron chi connectivity index (χ2n) is 5.82. The van der Waals surface area contributed by atoms with E-state index >= 15 is 0 Å². The van der Waals surface area contributed by atoms with Crippen molar-refractivity contribution in [3.05, 3.63) is 72.4 Å². The van der Waals surface area contributed by atoms with Crippen LogP contribution in [0.3, 0.4) is 0 Å². The van der Waals surface area contributed by atoms with Gasteiger partial charge in [0.2, 0.25) is 5.28 Å². The molecule has 0 radical (unpaired) electrons. The van der Waals surface area contributed by atoms with E-state index in [1.54, 1.807) is 46.1 Å². The third-order valence-electron chi connectivity index (χ3n) is 4.17. The summed E-state index contributed by atoms with van der Waals surface area (Å²) < 4.78 is 17.4. The van der Waals surface area contributed by atoms with E-state index in [2.05, 4.69) is 25.4 Å². The first-order valence-corrected chi connectivity index (χ1v) is 8.42. The Bertz CT molecular complexity index is 1290. The van der Waals surface area contributed by atoms with E-state index in [0.29, 0.717) is 22.5 Å². The molecule has 9 heteroatoms. The Hall–Kier alpha value is -3.52. The molecule has 132 valence electrons. The van der Waals surface area contributed by atoms with Crippen LogP contribution in [0.25, 0.3) is 22.1 Å². The predicted molar refractivity (Wildman–Crippen MR) is 100 cm³/mol. The van der Waals surface area contributed by atoms with E-state index in [1.807, 2.05) is 18.2 Å². The number of para-hydroxylation sites is 1. The van der Waals surface area contributed by atoms with Crippen LogP contribution in [0.15, 0.2) is 61.3 Å². The van der Waals surface area contributed by atoms with Crippen LogP contribution in [-0.2, 0) is 0 Å². The lowest BCUT2D eigenvalue weighted by Gasteiger charge is -2.07. The fourth-order valence-corrected chi connectivity index (χ4v) is 3.16. The molecule has 5 aromatic rings. The van der Waals surface area contributed by atoms with E-state index in [9.17, 15) is 4.39 Å². The molecule has 0 bridgehead atoms. The molecule has 0 aliphatic carbocycles. The van der Waals surface area contributed by atoms with Crippen molar-refractivity contribution in [2.75, 3.05) is 5.32 Å². The van der Waals surface area contributed by atoms with Crippen molar-refractivity contribution in [1.82, 2.24) is 29.1 Å². The number of benzene rings is 1. The molecule has 0 saturated carbocycles. The zero-order chi connectivity index (χ0) is 18.4. The summed E-state index contributed by atoms with van der Waals surface area (Å²) in [5.74, 6) is 0.740. The Morgan fingerprint density at radius 2 is 2.00 bits per heavy atom. The molecule has 1 aromatic carbocycles. The lowest BCUT2D eigenvalue weighted by molar-refractivity contribution is 0.636. The standard InChI is InChI=1S/C18H11ClFN7/c19-18-24-17(14-5-2-8-27(14)25-18)23-15-9-26(10-22-15)13-6-7-21-16-11(13)3-1-4-12(16)20/h1-10H,(H,23,24,25). The van der Waals surface area contributed by atoms with Crippen LogP contribution >= 0.6 is 11.6 Å². The predicted octanol–water partition coefficient (Wildman–Crippen LogP) is 4.00. The van der Waals surface area contributed by atoms with Gasteiger partial charge in [-0.15, -0.1) is 5.10 Å². The molecule has 27 heavy (non-hydrogen) atoms. The van der Waals surface area contributed by atoms with E-state index in [4.69, 9.17) is 11.6 Å². The Morgan fingerprint density at radius 1 is 1.07 bits per heavy atom. The first kappa shape index (κ1) is 15.7. The minimum atomic E-state index is -0.362. The van der Waals surface area contributed by atoms with Crippen LogP contribution in [0.4, 0.5) is 16.0 Å². The van der Waals surface area contributed by atoms with Gasteiger partial charge in [-0.2, -0.15) is 4.98 Å². The zero-order valence-corrected chi connectivity index (χ0v) is 14.5. The zero-order valence-electron chi connectivity index (χ0n) is 13.7. The molecule has 7 nitrogen and oxygen atoms in total.